The monoisotopic (exact) mass is 377 g/mol. The topological polar surface area (TPSA) is 72.1 Å². The fourth-order valence-electron chi connectivity index (χ4n) is 3.13. The van der Waals surface area contributed by atoms with Crippen molar-refractivity contribution in [1.82, 2.24) is 19.7 Å². The van der Waals surface area contributed by atoms with E-state index >= 15 is 0 Å². The number of rotatable bonds is 7. The lowest BCUT2D eigenvalue weighted by Crippen LogP contribution is -2.16. The standard InChI is InChI=1S/C21H23N5O2/c1-15-3-4-20(19(9-15)21(27)24-17-5-7-22-8-6-17)28-14-18-13-26(18)12-16-10-23-25(2)11-16/h3-11,18H,12-14H2,1-2H3,(H,22,24,27). The Bertz CT molecular complexity index is 970. The Balaban J connectivity index is 1.37. The van der Waals surface area contributed by atoms with E-state index in [0.29, 0.717) is 29.6 Å². The molecule has 0 spiro atoms. The normalized spacial score (nSPS) is 17.9. The van der Waals surface area contributed by atoms with Crippen molar-refractivity contribution in [2.45, 2.75) is 19.5 Å². The molecule has 1 amide bonds. The lowest BCUT2D eigenvalue weighted by atomic mass is 10.1. The maximum Gasteiger partial charge on any atom is 0.259 e. The van der Waals surface area contributed by atoms with Crippen LogP contribution in [0.5, 0.6) is 5.75 Å². The third-order valence-corrected chi connectivity index (χ3v) is 4.72. The molecule has 1 saturated heterocycles. The number of benzene rings is 1. The second-order valence-electron chi connectivity index (χ2n) is 7.11. The zero-order valence-corrected chi connectivity index (χ0v) is 16.0. The summed E-state index contributed by atoms with van der Waals surface area (Å²) >= 11 is 0. The van der Waals surface area contributed by atoms with Crippen LogP contribution in [0.25, 0.3) is 0 Å². The van der Waals surface area contributed by atoms with E-state index in [1.807, 2.05) is 49.2 Å². The van der Waals surface area contributed by atoms with Gasteiger partial charge >= 0.3 is 0 Å². The van der Waals surface area contributed by atoms with Crippen LogP contribution in [0.1, 0.15) is 21.5 Å². The van der Waals surface area contributed by atoms with Crippen LogP contribution in [0.2, 0.25) is 0 Å². The van der Waals surface area contributed by atoms with Crippen LogP contribution in [0.15, 0.2) is 55.1 Å². The van der Waals surface area contributed by atoms with Crippen molar-refractivity contribution < 1.29 is 9.53 Å². The molecule has 0 bridgehead atoms. The first-order valence-corrected chi connectivity index (χ1v) is 9.25. The summed E-state index contributed by atoms with van der Waals surface area (Å²) in [5.41, 5.74) is 3.45. The number of amides is 1. The first-order chi connectivity index (χ1) is 13.6. The first kappa shape index (κ1) is 18.2. The van der Waals surface area contributed by atoms with E-state index in [1.165, 1.54) is 5.56 Å². The maximum atomic E-state index is 12.7. The summed E-state index contributed by atoms with van der Waals surface area (Å²) in [4.78, 5) is 19.0. The molecule has 7 nitrogen and oxygen atoms in total. The van der Waals surface area contributed by atoms with Crippen LogP contribution in [0.4, 0.5) is 5.69 Å². The third kappa shape index (κ3) is 4.37. The fraction of sp³-hybridized carbons (Fsp3) is 0.286. The highest BCUT2D eigenvalue weighted by Gasteiger charge is 2.34. The molecule has 1 N–H and O–H groups in total. The van der Waals surface area contributed by atoms with Crippen molar-refractivity contribution in [2.24, 2.45) is 7.05 Å². The lowest BCUT2D eigenvalue weighted by molar-refractivity contribution is 0.102. The number of carbonyl (C=O) groups excluding carboxylic acids is 1. The first-order valence-electron chi connectivity index (χ1n) is 9.25. The highest BCUT2D eigenvalue weighted by molar-refractivity contribution is 6.06. The number of nitrogens with zero attached hydrogens (tertiary/aromatic N) is 4. The minimum absolute atomic E-state index is 0.187. The van der Waals surface area contributed by atoms with E-state index in [4.69, 9.17) is 4.74 Å². The van der Waals surface area contributed by atoms with Gasteiger partial charge in [-0.05, 0) is 31.2 Å². The number of hydrogen-bond donors (Lipinski definition) is 1. The molecular weight excluding hydrogens is 354 g/mol. The van der Waals surface area contributed by atoms with E-state index < -0.39 is 0 Å². The Morgan fingerprint density at radius 3 is 2.86 bits per heavy atom. The van der Waals surface area contributed by atoms with Crippen LogP contribution in [-0.2, 0) is 13.6 Å². The van der Waals surface area contributed by atoms with Gasteiger partial charge in [-0.3, -0.25) is 19.4 Å². The summed E-state index contributed by atoms with van der Waals surface area (Å²) in [7, 11) is 1.92. The van der Waals surface area contributed by atoms with Gasteiger partial charge in [0.2, 0.25) is 0 Å². The number of anilines is 1. The zero-order chi connectivity index (χ0) is 19.5. The molecule has 1 aliphatic heterocycles. The Kier molecular flexibility index (Phi) is 5.08. The van der Waals surface area contributed by atoms with Crippen molar-refractivity contribution in [3.05, 3.63) is 71.8 Å². The largest absolute Gasteiger partial charge is 0.491 e. The Morgan fingerprint density at radius 2 is 2.11 bits per heavy atom. The number of aromatic nitrogens is 3. The summed E-state index contributed by atoms with van der Waals surface area (Å²) in [6, 6.07) is 9.55. The number of ether oxygens (including phenoxy) is 1. The number of hydrogen-bond acceptors (Lipinski definition) is 5. The van der Waals surface area contributed by atoms with Gasteiger partial charge in [0.1, 0.15) is 12.4 Å². The summed E-state index contributed by atoms with van der Waals surface area (Å²) < 4.78 is 7.82. The molecule has 144 valence electrons. The second kappa shape index (κ2) is 7.82. The number of pyridine rings is 1. The molecule has 7 heteroatoms. The van der Waals surface area contributed by atoms with Crippen molar-refractivity contribution in [3.8, 4) is 5.75 Å². The molecule has 4 rings (SSSR count). The smallest absolute Gasteiger partial charge is 0.259 e. The Labute approximate surface area is 164 Å². The van der Waals surface area contributed by atoms with Gasteiger partial charge in [0.05, 0.1) is 17.8 Å². The van der Waals surface area contributed by atoms with Gasteiger partial charge < -0.3 is 10.1 Å². The summed E-state index contributed by atoms with van der Waals surface area (Å²) in [5, 5.41) is 7.09. The number of nitrogens with one attached hydrogen (secondary N) is 1. The molecule has 0 saturated carbocycles. The van der Waals surface area contributed by atoms with E-state index in [2.05, 4.69) is 20.3 Å². The highest BCUT2D eigenvalue weighted by Crippen LogP contribution is 2.25. The fourth-order valence-corrected chi connectivity index (χ4v) is 3.13. The third-order valence-electron chi connectivity index (χ3n) is 4.72. The van der Waals surface area contributed by atoms with E-state index in [-0.39, 0.29) is 5.91 Å². The molecule has 0 radical (unpaired) electrons. The molecule has 3 heterocycles. The lowest BCUT2D eigenvalue weighted by Gasteiger charge is -2.13. The second-order valence-corrected chi connectivity index (χ2v) is 7.11. The van der Waals surface area contributed by atoms with E-state index in [9.17, 15) is 4.79 Å². The Hall–Kier alpha value is -3.19. The molecule has 1 aliphatic rings. The van der Waals surface area contributed by atoms with Gasteiger partial charge in [-0.2, -0.15) is 5.10 Å². The average molecular weight is 377 g/mol. The van der Waals surface area contributed by atoms with Gasteiger partial charge in [0.15, 0.2) is 0 Å². The van der Waals surface area contributed by atoms with Crippen LogP contribution >= 0.6 is 0 Å². The molecule has 3 aromatic rings. The van der Waals surface area contributed by atoms with Crippen molar-refractivity contribution in [2.75, 3.05) is 18.5 Å². The zero-order valence-electron chi connectivity index (χ0n) is 16.0. The minimum atomic E-state index is -0.187. The summed E-state index contributed by atoms with van der Waals surface area (Å²) in [5.74, 6) is 0.415. The molecule has 1 aromatic carbocycles. The van der Waals surface area contributed by atoms with Gasteiger partial charge in [0, 0.05) is 50.0 Å². The summed E-state index contributed by atoms with van der Waals surface area (Å²) in [6.45, 7) is 4.37. The molecule has 1 fully saturated rings. The SMILES string of the molecule is Cc1ccc(OCC2CN2Cc2cnn(C)c2)c(C(=O)Nc2ccncc2)c1. The van der Waals surface area contributed by atoms with Gasteiger partial charge in [0.25, 0.3) is 5.91 Å². The number of aryl methyl sites for hydroxylation is 2. The molecule has 2 unspecified atom stereocenters. The minimum Gasteiger partial charge on any atom is -0.491 e. The van der Waals surface area contributed by atoms with Gasteiger partial charge in [-0.15, -0.1) is 0 Å². The van der Waals surface area contributed by atoms with Crippen LogP contribution < -0.4 is 10.1 Å². The van der Waals surface area contributed by atoms with Gasteiger partial charge in [-0.1, -0.05) is 11.6 Å². The maximum absolute atomic E-state index is 12.7. The van der Waals surface area contributed by atoms with E-state index in [0.717, 1.165) is 18.7 Å². The van der Waals surface area contributed by atoms with Crippen molar-refractivity contribution in [1.29, 1.82) is 0 Å². The number of carbonyl (C=O) groups is 1. The molecular formula is C21H23N5O2. The summed E-state index contributed by atoms with van der Waals surface area (Å²) in [6.07, 6.45) is 7.20. The van der Waals surface area contributed by atoms with Crippen molar-refractivity contribution in [3.63, 3.8) is 0 Å². The predicted molar refractivity (Wildman–Crippen MR) is 106 cm³/mol. The van der Waals surface area contributed by atoms with Crippen LogP contribution in [0, 0.1) is 6.92 Å². The van der Waals surface area contributed by atoms with E-state index in [1.54, 1.807) is 24.5 Å². The quantitative estimate of drug-likeness (QED) is 0.641. The van der Waals surface area contributed by atoms with Crippen LogP contribution in [-0.4, -0.2) is 44.8 Å². The van der Waals surface area contributed by atoms with Gasteiger partial charge in [-0.25, -0.2) is 0 Å². The molecule has 0 aliphatic carbocycles. The Morgan fingerprint density at radius 1 is 1.29 bits per heavy atom. The molecule has 2 atom stereocenters. The van der Waals surface area contributed by atoms with Crippen LogP contribution in [0.3, 0.4) is 0 Å². The average Bonchev–Trinajstić information content (AvgIpc) is 3.30. The van der Waals surface area contributed by atoms with Crippen molar-refractivity contribution >= 4 is 11.6 Å². The molecule has 28 heavy (non-hydrogen) atoms. The highest BCUT2D eigenvalue weighted by atomic mass is 16.5. The molecule has 2 aromatic heterocycles. The predicted octanol–water partition coefficient (Wildman–Crippen LogP) is 2.64.